The van der Waals surface area contributed by atoms with Gasteiger partial charge < -0.3 is 0 Å². The first-order valence-electron chi connectivity index (χ1n) is 5.53. The van der Waals surface area contributed by atoms with Crippen molar-refractivity contribution in [1.29, 1.82) is 0 Å². The van der Waals surface area contributed by atoms with Gasteiger partial charge in [-0.15, -0.1) is 22.9 Å². The maximum atomic E-state index is 5.74. The molecular formula is C11H16BrClN2S. The average Bonchev–Trinajstić information content (AvgIpc) is 2.67. The van der Waals surface area contributed by atoms with Crippen LogP contribution in [0.15, 0.2) is 15.9 Å². The standard InChI is InChI=1S/C11H16BrClN2S/c12-11-2-1-10(16-11)9-15-7-5-14(4-3-13)6-8-15/h1-2H,3-9H2. The summed E-state index contributed by atoms with van der Waals surface area (Å²) >= 11 is 11.1. The molecule has 2 nitrogen and oxygen atoms in total. The SMILES string of the molecule is ClCCN1CCN(Cc2ccc(Br)s2)CC1. The zero-order valence-corrected chi connectivity index (χ0v) is 12.3. The van der Waals surface area contributed by atoms with E-state index in [4.69, 9.17) is 11.6 Å². The van der Waals surface area contributed by atoms with Crippen LogP contribution in [0.4, 0.5) is 0 Å². The summed E-state index contributed by atoms with van der Waals surface area (Å²) in [5.41, 5.74) is 0. The predicted octanol–water partition coefficient (Wildman–Crippen LogP) is 2.87. The molecule has 1 aromatic heterocycles. The lowest BCUT2D eigenvalue weighted by Crippen LogP contribution is -2.46. The molecule has 1 fully saturated rings. The molecular weight excluding hydrogens is 308 g/mol. The van der Waals surface area contributed by atoms with Crippen LogP contribution in [0, 0.1) is 0 Å². The van der Waals surface area contributed by atoms with E-state index in [1.54, 1.807) is 0 Å². The molecule has 0 aromatic carbocycles. The van der Waals surface area contributed by atoms with E-state index in [1.165, 1.54) is 8.66 Å². The Bertz CT molecular complexity index is 324. The number of alkyl halides is 1. The highest BCUT2D eigenvalue weighted by Crippen LogP contribution is 2.23. The van der Waals surface area contributed by atoms with Gasteiger partial charge in [-0.25, -0.2) is 0 Å². The highest BCUT2D eigenvalue weighted by molar-refractivity contribution is 9.11. The van der Waals surface area contributed by atoms with Crippen LogP contribution >= 0.6 is 38.9 Å². The van der Waals surface area contributed by atoms with Gasteiger partial charge in [-0.05, 0) is 28.1 Å². The first-order chi connectivity index (χ1) is 7.78. The van der Waals surface area contributed by atoms with Gasteiger partial charge in [0.25, 0.3) is 0 Å². The van der Waals surface area contributed by atoms with E-state index in [1.807, 2.05) is 11.3 Å². The second-order valence-corrected chi connectivity index (χ2v) is 6.94. The van der Waals surface area contributed by atoms with Crippen molar-refractivity contribution < 1.29 is 0 Å². The van der Waals surface area contributed by atoms with Crippen LogP contribution < -0.4 is 0 Å². The zero-order valence-electron chi connectivity index (χ0n) is 9.16. The first kappa shape index (κ1) is 12.8. The number of nitrogens with zero attached hydrogens (tertiary/aromatic N) is 2. The average molecular weight is 324 g/mol. The van der Waals surface area contributed by atoms with Gasteiger partial charge >= 0.3 is 0 Å². The second kappa shape index (κ2) is 6.36. The lowest BCUT2D eigenvalue weighted by Gasteiger charge is -2.34. The molecule has 1 aliphatic rings. The molecule has 0 aliphatic carbocycles. The lowest BCUT2D eigenvalue weighted by molar-refractivity contribution is 0.133. The molecule has 0 atom stereocenters. The normalized spacial score (nSPS) is 19.1. The summed E-state index contributed by atoms with van der Waals surface area (Å²) in [6.45, 7) is 6.74. The molecule has 1 aromatic rings. The van der Waals surface area contributed by atoms with Crippen LogP contribution in [0.2, 0.25) is 0 Å². The minimum absolute atomic E-state index is 0.748. The first-order valence-corrected chi connectivity index (χ1v) is 7.67. The summed E-state index contributed by atoms with van der Waals surface area (Å²) in [4.78, 5) is 6.40. The highest BCUT2D eigenvalue weighted by atomic mass is 79.9. The second-order valence-electron chi connectivity index (χ2n) is 4.01. The van der Waals surface area contributed by atoms with Crippen molar-refractivity contribution in [2.24, 2.45) is 0 Å². The quantitative estimate of drug-likeness (QED) is 0.786. The number of piperazine rings is 1. The predicted molar refractivity (Wildman–Crippen MR) is 74.5 cm³/mol. The number of thiophene rings is 1. The fourth-order valence-corrected chi connectivity index (χ4v) is 3.71. The molecule has 1 aliphatic heterocycles. The van der Waals surface area contributed by atoms with E-state index in [9.17, 15) is 0 Å². The molecule has 0 unspecified atom stereocenters. The Morgan fingerprint density at radius 2 is 1.88 bits per heavy atom. The van der Waals surface area contributed by atoms with E-state index in [2.05, 4.69) is 37.9 Å². The highest BCUT2D eigenvalue weighted by Gasteiger charge is 2.16. The summed E-state index contributed by atoms with van der Waals surface area (Å²) in [7, 11) is 0. The summed E-state index contributed by atoms with van der Waals surface area (Å²) in [6, 6.07) is 4.34. The van der Waals surface area contributed by atoms with Gasteiger partial charge in [0.15, 0.2) is 0 Å². The van der Waals surface area contributed by atoms with Gasteiger partial charge in [0.2, 0.25) is 0 Å². The van der Waals surface area contributed by atoms with Gasteiger partial charge in [-0.3, -0.25) is 9.80 Å². The summed E-state index contributed by atoms with van der Waals surface area (Å²) in [5, 5.41) is 0. The van der Waals surface area contributed by atoms with Crippen LogP contribution in [0.3, 0.4) is 0 Å². The van der Waals surface area contributed by atoms with Crippen molar-refractivity contribution in [2.75, 3.05) is 38.6 Å². The van der Waals surface area contributed by atoms with E-state index in [-0.39, 0.29) is 0 Å². The van der Waals surface area contributed by atoms with Crippen molar-refractivity contribution >= 4 is 38.9 Å². The topological polar surface area (TPSA) is 6.48 Å². The fourth-order valence-electron chi connectivity index (χ4n) is 1.95. The van der Waals surface area contributed by atoms with Crippen molar-refractivity contribution in [3.63, 3.8) is 0 Å². The number of rotatable bonds is 4. The molecule has 0 radical (unpaired) electrons. The van der Waals surface area contributed by atoms with E-state index < -0.39 is 0 Å². The van der Waals surface area contributed by atoms with Crippen molar-refractivity contribution in [2.45, 2.75) is 6.54 Å². The third kappa shape index (κ3) is 3.70. The number of halogens is 2. The largest absolute Gasteiger partial charge is 0.300 e. The van der Waals surface area contributed by atoms with Gasteiger partial charge in [0.1, 0.15) is 0 Å². The molecule has 16 heavy (non-hydrogen) atoms. The van der Waals surface area contributed by atoms with E-state index in [0.717, 1.165) is 45.1 Å². The van der Waals surface area contributed by atoms with Gasteiger partial charge in [0.05, 0.1) is 3.79 Å². The molecule has 2 rings (SSSR count). The van der Waals surface area contributed by atoms with Crippen LogP contribution in [-0.4, -0.2) is 48.4 Å². The van der Waals surface area contributed by atoms with Crippen LogP contribution in [0.5, 0.6) is 0 Å². The molecule has 0 saturated carbocycles. The summed E-state index contributed by atoms with van der Waals surface area (Å²) in [6.07, 6.45) is 0. The third-order valence-corrected chi connectivity index (χ3v) is 4.65. The molecule has 90 valence electrons. The van der Waals surface area contributed by atoms with Gasteiger partial charge in [-0.1, -0.05) is 0 Å². The van der Waals surface area contributed by atoms with Crippen molar-refractivity contribution in [1.82, 2.24) is 9.80 Å². The zero-order chi connectivity index (χ0) is 11.4. The Hall–Kier alpha value is 0.390. The van der Waals surface area contributed by atoms with Crippen LogP contribution in [0.1, 0.15) is 4.88 Å². The lowest BCUT2D eigenvalue weighted by atomic mass is 10.3. The molecule has 0 bridgehead atoms. The maximum Gasteiger partial charge on any atom is 0.0701 e. The molecule has 1 saturated heterocycles. The summed E-state index contributed by atoms with van der Waals surface area (Å²) < 4.78 is 1.23. The molecule has 0 amide bonds. The Morgan fingerprint density at radius 3 is 2.44 bits per heavy atom. The smallest absolute Gasteiger partial charge is 0.0701 e. The minimum atomic E-state index is 0.748. The molecule has 0 N–H and O–H groups in total. The monoisotopic (exact) mass is 322 g/mol. The Balaban J connectivity index is 1.77. The van der Waals surface area contributed by atoms with E-state index >= 15 is 0 Å². The number of hydrogen-bond donors (Lipinski definition) is 0. The fraction of sp³-hybridized carbons (Fsp3) is 0.636. The third-order valence-electron chi connectivity index (χ3n) is 2.87. The Labute approximate surface area is 114 Å². The summed E-state index contributed by atoms with van der Waals surface area (Å²) in [5.74, 6) is 0.748. The Morgan fingerprint density at radius 1 is 1.19 bits per heavy atom. The molecule has 5 heteroatoms. The van der Waals surface area contributed by atoms with Crippen LogP contribution in [0.25, 0.3) is 0 Å². The minimum Gasteiger partial charge on any atom is -0.300 e. The number of hydrogen-bond acceptors (Lipinski definition) is 3. The van der Waals surface area contributed by atoms with Gasteiger partial charge in [0, 0.05) is 50.0 Å². The van der Waals surface area contributed by atoms with Gasteiger partial charge in [-0.2, -0.15) is 0 Å². The molecule has 0 spiro atoms. The Kier molecular flexibility index (Phi) is 5.10. The van der Waals surface area contributed by atoms with Crippen LogP contribution in [-0.2, 0) is 6.54 Å². The van der Waals surface area contributed by atoms with E-state index in [0.29, 0.717) is 0 Å². The maximum absolute atomic E-state index is 5.74. The molecule has 2 heterocycles. The van der Waals surface area contributed by atoms with Crippen molar-refractivity contribution in [3.05, 3.63) is 20.8 Å². The van der Waals surface area contributed by atoms with Crippen molar-refractivity contribution in [3.8, 4) is 0 Å².